The van der Waals surface area contributed by atoms with Crippen LogP contribution < -0.4 is 0 Å². The van der Waals surface area contributed by atoms with Crippen molar-refractivity contribution in [3.63, 3.8) is 0 Å². The molecule has 6 nitrogen and oxygen atoms in total. The summed E-state index contributed by atoms with van der Waals surface area (Å²) in [6.07, 6.45) is 2.77. The van der Waals surface area contributed by atoms with E-state index >= 15 is 0 Å². The summed E-state index contributed by atoms with van der Waals surface area (Å²) in [5.74, 6) is -0.517. The molecule has 1 heterocycles. The van der Waals surface area contributed by atoms with Crippen LogP contribution in [0.2, 0.25) is 0 Å². The minimum Gasteiger partial charge on any atom is -0.480 e. The van der Waals surface area contributed by atoms with E-state index in [9.17, 15) is 9.59 Å². The van der Waals surface area contributed by atoms with Gasteiger partial charge >= 0.3 is 12.0 Å². The number of piperidine rings is 1. The quantitative estimate of drug-likeness (QED) is 0.827. The zero-order valence-electron chi connectivity index (χ0n) is 11.5. The van der Waals surface area contributed by atoms with Gasteiger partial charge in [-0.2, -0.15) is 0 Å². The third-order valence-electron chi connectivity index (χ3n) is 4.00. The SMILES string of the molecule is COC1CN(C(=O)N(CC(=O)O)C2CC2)CCC1C. The molecule has 0 bridgehead atoms. The summed E-state index contributed by atoms with van der Waals surface area (Å²) in [6.45, 7) is 3.15. The number of aliphatic carboxylic acids is 1. The van der Waals surface area contributed by atoms with Gasteiger partial charge in [-0.25, -0.2) is 4.79 Å². The van der Waals surface area contributed by atoms with Gasteiger partial charge in [0.15, 0.2) is 0 Å². The Kier molecular flexibility index (Phi) is 4.29. The van der Waals surface area contributed by atoms with Crippen LogP contribution >= 0.6 is 0 Å². The van der Waals surface area contributed by atoms with Gasteiger partial charge in [0.25, 0.3) is 0 Å². The molecule has 2 unspecified atom stereocenters. The van der Waals surface area contributed by atoms with Crippen LogP contribution in [0.1, 0.15) is 26.2 Å². The third kappa shape index (κ3) is 3.37. The van der Waals surface area contributed by atoms with Gasteiger partial charge in [0.1, 0.15) is 6.54 Å². The summed E-state index contributed by atoms with van der Waals surface area (Å²) in [7, 11) is 1.66. The van der Waals surface area contributed by atoms with Crippen LogP contribution in [0.25, 0.3) is 0 Å². The highest BCUT2D eigenvalue weighted by atomic mass is 16.5. The van der Waals surface area contributed by atoms with Crippen molar-refractivity contribution in [3.05, 3.63) is 0 Å². The fourth-order valence-corrected chi connectivity index (χ4v) is 2.58. The van der Waals surface area contributed by atoms with E-state index in [-0.39, 0.29) is 24.7 Å². The van der Waals surface area contributed by atoms with E-state index in [1.165, 1.54) is 4.90 Å². The van der Waals surface area contributed by atoms with Gasteiger partial charge in [-0.15, -0.1) is 0 Å². The van der Waals surface area contributed by atoms with Crippen molar-refractivity contribution in [1.82, 2.24) is 9.80 Å². The van der Waals surface area contributed by atoms with E-state index in [1.807, 2.05) is 0 Å². The highest BCUT2D eigenvalue weighted by Gasteiger charge is 2.38. The monoisotopic (exact) mass is 270 g/mol. The standard InChI is InChI=1S/C13H22N2O4/c1-9-5-6-14(7-11(9)19-2)13(18)15(8-12(16)17)10-3-4-10/h9-11H,3-8H2,1-2H3,(H,16,17). The lowest BCUT2D eigenvalue weighted by Gasteiger charge is -2.38. The van der Waals surface area contributed by atoms with Crippen molar-refractivity contribution in [1.29, 1.82) is 0 Å². The maximum atomic E-state index is 12.4. The number of urea groups is 1. The van der Waals surface area contributed by atoms with Crippen LogP contribution in [0.3, 0.4) is 0 Å². The lowest BCUT2D eigenvalue weighted by atomic mass is 9.96. The Hall–Kier alpha value is -1.30. The zero-order valence-corrected chi connectivity index (χ0v) is 11.5. The first-order valence-corrected chi connectivity index (χ1v) is 6.83. The van der Waals surface area contributed by atoms with E-state index in [1.54, 1.807) is 12.0 Å². The fourth-order valence-electron chi connectivity index (χ4n) is 2.58. The number of likely N-dealkylation sites (tertiary alicyclic amines) is 1. The molecule has 1 aliphatic heterocycles. The summed E-state index contributed by atoms with van der Waals surface area (Å²) in [5, 5.41) is 8.91. The number of ether oxygens (including phenoxy) is 1. The predicted molar refractivity (Wildman–Crippen MR) is 68.9 cm³/mol. The molecule has 0 radical (unpaired) electrons. The average molecular weight is 270 g/mol. The van der Waals surface area contributed by atoms with Crippen molar-refractivity contribution in [2.45, 2.75) is 38.3 Å². The second-order valence-electron chi connectivity index (χ2n) is 5.52. The molecule has 108 valence electrons. The zero-order chi connectivity index (χ0) is 14.0. The van der Waals surface area contributed by atoms with Crippen molar-refractivity contribution >= 4 is 12.0 Å². The number of hydrogen-bond donors (Lipinski definition) is 1. The van der Waals surface area contributed by atoms with E-state index < -0.39 is 5.97 Å². The number of amides is 2. The molecule has 2 atom stereocenters. The Balaban J connectivity index is 1.98. The topological polar surface area (TPSA) is 70.1 Å². The first-order valence-electron chi connectivity index (χ1n) is 6.83. The molecule has 1 saturated carbocycles. The fraction of sp³-hybridized carbons (Fsp3) is 0.846. The number of methoxy groups -OCH3 is 1. The number of carbonyl (C=O) groups excluding carboxylic acids is 1. The molecule has 2 aliphatic rings. The van der Waals surface area contributed by atoms with Crippen LogP contribution in [0.5, 0.6) is 0 Å². The normalized spacial score (nSPS) is 27.2. The van der Waals surface area contributed by atoms with Crippen molar-refractivity contribution in [3.8, 4) is 0 Å². The molecular formula is C13H22N2O4. The Bertz CT molecular complexity index is 357. The van der Waals surface area contributed by atoms with E-state index in [4.69, 9.17) is 9.84 Å². The minimum atomic E-state index is -0.950. The van der Waals surface area contributed by atoms with Crippen LogP contribution in [0.4, 0.5) is 4.79 Å². The van der Waals surface area contributed by atoms with Crippen LogP contribution in [0.15, 0.2) is 0 Å². The van der Waals surface area contributed by atoms with Crippen LogP contribution in [-0.4, -0.2) is 65.8 Å². The highest BCUT2D eigenvalue weighted by Crippen LogP contribution is 2.29. The Labute approximate surface area is 113 Å². The molecular weight excluding hydrogens is 248 g/mol. The molecule has 19 heavy (non-hydrogen) atoms. The molecule has 1 N–H and O–H groups in total. The van der Waals surface area contributed by atoms with E-state index in [0.29, 0.717) is 19.0 Å². The van der Waals surface area contributed by atoms with Crippen LogP contribution in [0, 0.1) is 5.92 Å². The maximum absolute atomic E-state index is 12.4. The number of rotatable bonds is 4. The molecule has 0 spiro atoms. The largest absolute Gasteiger partial charge is 0.480 e. The van der Waals surface area contributed by atoms with Crippen molar-refractivity contribution in [2.75, 3.05) is 26.7 Å². The summed E-state index contributed by atoms with van der Waals surface area (Å²) in [5.41, 5.74) is 0. The predicted octanol–water partition coefficient (Wildman–Crippen LogP) is 1.01. The second-order valence-corrected chi connectivity index (χ2v) is 5.52. The lowest BCUT2D eigenvalue weighted by molar-refractivity contribution is -0.138. The number of carboxylic acids is 1. The van der Waals surface area contributed by atoms with Gasteiger partial charge in [0.05, 0.1) is 6.10 Å². The van der Waals surface area contributed by atoms with Crippen molar-refractivity contribution in [2.24, 2.45) is 5.92 Å². The molecule has 0 aromatic carbocycles. The lowest BCUT2D eigenvalue weighted by Crippen LogP contribution is -2.53. The van der Waals surface area contributed by atoms with Gasteiger partial charge < -0.3 is 19.6 Å². The summed E-state index contributed by atoms with van der Waals surface area (Å²) >= 11 is 0. The van der Waals surface area contributed by atoms with Gasteiger partial charge in [-0.3, -0.25) is 4.79 Å². The third-order valence-corrected chi connectivity index (χ3v) is 4.00. The van der Waals surface area contributed by atoms with E-state index in [2.05, 4.69) is 6.92 Å². The Morgan fingerprint density at radius 1 is 1.37 bits per heavy atom. The number of nitrogens with zero attached hydrogens (tertiary/aromatic N) is 2. The van der Waals surface area contributed by atoms with Gasteiger partial charge in [0.2, 0.25) is 0 Å². The smallest absolute Gasteiger partial charge is 0.323 e. The first-order chi connectivity index (χ1) is 9.02. The van der Waals surface area contributed by atoms with Gasteiger partial charge in [0, 0.05) is 26.2 Å². The second kappa shape index (κ2) is 5.77. The summed E-state index contributed by atoms with van der Waals surface area (Å²) in [6, 6.07) is -0.0391. The molecule has 0 aromatic heterocycles. The van der Waals surface area contributed by atoms with Crippen LogP contribution in [-0.2, 0) is 9.53 Å². The molecule has 2 rings (SSSR count). The van der Waals surface area contributed by atoms with E-state index in [0.717, 1.165) is 19.3 Å². The first kappa shape index (κ1) is 14.1. The maximum Gasteiger partial charge on any atom is 0.323 e. The van der Waals surface area contributed by atoms with Gasteiger partial charge in [-0.05, 0) is 25.2 Å². The van der Waals surface area contributed by atoms with Crippen molar-refractivity contribution < 1.29 is 19.4 Å². The number of hydrogen-bond acceptors (Lipinski definition) is 3. The molecule has 2 amide bonds. The number of carboxylic acid groups (broad SMARTS) is 1. The molecule has 2 fully saturated rings. The molecule has 0 aromatic rings. The molecule has 6 heteroatoms. The average Bonchev–Trinajstić information content (AvgIpc) is 3.20. The minimum absolute atomic E-state index is 0.0450. The molecule has 1 aliphatic carbocycles. The highest BCUT2D eigenvalue weighted by molar-refractivity contribution is 5.81. The summed E-state index contributed by atoms with van der Waals surface area (Å²) in [4.78, 5) is 26.5. The number of carbonyl (C=O) groups is 2. The Morgan fingerprint density at radius 2 is 2.05 bits per heavy atom. The Morgan fingerprint density at radius 3 is 2.58 bits per heavy atom. The van der Waals surface area contributed by atoms with Gasteiger partial charge in [-0.1, -0.05) is 6.92 Å². The molecule has 1 saturated heterocycles. The summed E-state index contributed by atoms with van der Waals surface area (Å²) < 4.78 is 5.39.